The van der Waals surface area contributed by atoms with Crippen molar-refractivity contribution in [1.29, 1.82) is 0 Å². The van der Waals surface area contributed by atoms with Crippen molar-refractivity contribution in [1.82, 2.24) is 19.8 Å². The number of piperidine rings is 1. The van der Waals surface area contributed by atoms with Crippen LogP contribution in [0.15, 0.2) is 12.4 Å². The molecule has 2 saturated heterocycles. The highest BCUT2D eigenvalue weighted by Crippen LogP contribution is 2.36. The Labute approximate surface area is 107 Å². The molecule has 0 unspecified atom stereocenters. The van der Waals surface area contributed by atoms with Gasteiger partial charge >= 0.3 is 0 Å². The Balaban J connectivity index is 1.71. The molecule has 1 spiro atoms. The number of carbonyl (C=O) groups is 1. The SMILES string of the molecule is Cn1ccnc1CN1CCC[C@@]2(CCNC2=O)C1. The van der Waals surface area contributed by atoms with Crippen molar-refractivity contribution in [3.05, 3.63) is 18.2 Å². The molecule has 1 atom stereocenters. The molecule has 1 N–H and O–H groups in total. The second-order valence-electron chi connectivity index (χ2n) is 5.55. The van der Waals surface area contributed by atoms with Crippen molar-refractivity contribution < 1.29 is 4.79 Å². The first-order valence-electron chi connectivity index (χ1n) is 6.66. The zero-order valence-corrected chi connectivity index (χ0v) is 10.9. The topological polar surface area (TPSA) is 50.2 Å². The van der Waals surface area contributed by atoms with E-state index in [1.165, 1.54) is 0 Å². The molecule has 3 rings (SSSR count). The number of imidazole rings is 1. The summed E-state index contributed by atoms with van der Waals surface area (Å²) in [5.74, 6) is 1.33. The number of hydrogen-bond acceptors (Lipinski definition) is 3. The summed E-state index contributed by atoms with van der Waals surface area (Å²) >= 11 is 0. The van der Waals surface area contributed by atoms with Gasteiger partial charge in [0, 0.05) is 32.5 Å². The van der Waals surface area contributed by atoms with E-state index in [-0.39, 0.29) is 11.3 Å². The van der Waals surface area contributed by atoms with E-state index in [4.69, 9.17) is 0 Å². The average Bonchev–Trinajstić information content (AvgIpc) is 2.89. The van der Waals surface area contributed by atoms with Crippen molar-refractivity contribution in [2.24, 2.45) is 12.5 Å². The van der Waals surface area contributed by atoms with Crippen LogP contribution >= 0.6 is 0 Å². The van der Waals surface area contributed by atoms with E-state index in [1.54, 1.807) is 0 Å². The summed E-state index contributed by atoms with van der Waals surface area (Å²) in [6.07, 6.45) is 6.94. The van der Waals surface area contributed by atoms with Gasteiger partial charge in [0.2, 0.25) is 5.91 Å². The van der Waals surface area contributed by atoms with Gasteiger partial charge in [-0.1, -0.05) is 0 Å². The van der Waals surface area contributed by atoms with Gasteiger partial charge in [0.15, 0.2) is 0 Å². The number of amides is 1. The minimum atomic E-state index is -0.122. The normalized spacial score (nSPS) is 28.8. The molecule has 2 fully saturated rings. The van der Waals surface area contributed by atoms with Gasteiger partial charge in [-0.05, 0) is 25.8 Å². The maximum atomic E-state index is 12.0. The van der Waals surface area contributed by atoms with Crippen LogP contribution in [0, 0.1) is 5.41 Å². The van der Waals surface area contributed by atoms with E-state index in [2.05, 4.69) is 19.8 Å². The molecule has 3 heterocycles. The van der Waals surface area contributed by atoms with Gasteiger partial charge in [-0.25, -0.2) is 4.98 Å². The Bertz CT molecular complexity index is 456. The zero-order chi connectivity index (χ0) is 12.6. The molecule has 1 aromatic rings. The van der Waals surface area contributed by atoms with Gasteiger partial charge in [-0.2, -0.15) is 0 Å². The lowest BCUT2D eigenvalue weighted by molar-refractivity contribution is -0.130. The van der Waals surface area contributed by atoms with Crippen LogP contribution in [0.25, 0.3) is 0 Å². The molecular weight excluding hydrogens is 228 g/mol. The molecule has 0 aromatic carbocycles. The van der Waals surface area contributed by atoms with Crippen LogP contribution in [0.5, 0.6) is 0 Å². The van der Waals surface area contributed by atoms with Crippen molar-refractivity contribution in [2.45, 2.75) is 25.8 Å². The summed E-state index contributed by atoms with van der Waals surface area (Å²) in [6, 6.07) is 0. The lowest BCUT2D eigenvalue weighted by Crippen LogP contribution is -2.47. The number of hydrogen-bond donors (Lipinski definition) is 1. The molecule has 5 heteroatoms. The van der Waals surface area contributed by atoms with Crippen LogP contribution in [0.4, 0.5) is 0 Å². The minimum absolute atomic E-state index is 0.122. The van der Waals surface area contributed by atoms with Gasteiger partial charge in [0.25, 0.3) is 0 Å². The first-order valence-corrected chi connectivity index (χ1v) is 6.66. The monoisotopic (exact) mass is 248 g/mol. The molecule has 18 heavy (non-hydrogen) atoms. The first-order chi connectivity index (χ1) is 8.70. The average molecular weight is 248 g/mol. The molecule has 2 aliphatic rings. The van der Waals surface area contributed by atoms with Crippen molar-refractivity contribution >= 4 is 5.91 Å². The summed E-state index contributed by atoms with van der Waals surface area (Å²) in [5.41, 5.74) is -0.122. The Morgan fingerprint density at radius 3 is 3.06 bits per heavy atom. The first kappa shape index (κ1) is 11.7. The van der Waals surface area contributed by atoms with E-state index in [0.717, 1.165) is 51.3 Å². The fourth-order valence-electron chi connectivity index (χ4n) is 3.22. The maximum Gasteiger partial charge on any atom is 0.227 e. The molecular formula is C13H20N4O. The van der Waals surface area contributed by atoms with Crippen molar-refractivity contribution in [2.75, 3.05) is 19.6 Å². The predicted octanol–water partition coefficient (Wildman–Crippen LogP) is 0.522. The number of nitrogens with zero attached hydrogens (tertiary/aromatic N) is 3. The maximum absolute atomic E-state index is 12.0. The van der Waals surface area contributed by atoms with E-state index < -0.39 is 0 Å². The Morgan fingerprint density at radius 1 is 1.50 bits per heavy atom. The second kappa shape index (κ2) is 4.39. The Hall–Kier alpha value is -1.36. The van der Waals surface area contributed by atoms with Crippen LogP contribution in [0.2, 0.25) is 0 Å². The summed E-state index contributed by atoms with van der Waals surface area (Å²) in [4.78, 5) is 18.7. The van der Waals surface area contributed by atoms with E-state index in [1.807, 2.05) is 19.4 Å². The van der Waals surface area contributed by atoms with Crippen molar-refractivity contribution in [3.8, 4) is 0 Å². The van der Waals surface area contributed by atoms with Crippen LogP contribution in [0.3, 0.4) is 0 Å². The van der Waals surface area contributed by atoms with Gasteiger partial charge in [-0.15, -0.1) is 0 Å². The van der Waals surface area contributed by atoms with E-state index >= 15 is 0 Å². The van der Waals surface area contributed by atoms with Crippen LogP contribution < -0.4 is 5.32 Å². The standard InChI is InChI=1S/C13H20N4O/c1-16-8-6-14-11(16)9-17-7-2-3-13(10-17)4-5-15-12(13)18/h6,8H,2-5,7,9-10H2,1H3,(H,15,18)/t13-/m1/s1. The number of rotatable bonds is 2. The molecule has 1 amide bonds. The highest BCUT2D eigenvalue weighted by Gasteiger charge is 2.45. The van der Waals surface area contributed by atoms with Crippen molar-refractivity contribution in [3.63, 3.8) is 0 Å². The fraction of sp³-hybridized carbons (Fsp3) is 0.692. The lowest BCUT2D eigenvalue weighted by atomic mass is 9.78. The molecule has 0 saturated carbocycles. The highest BCUT2D eigenvalue weighted by molar-refractivity contribution is 5.85. The zero-order valence-electron chi connectivity index (χ0n) is 10.9. The number of nitrogens with one attached hydrogen (secondary N) is 1. The van der Waals surface area contributed by atoms with E-state index in [0.29, 0.717) is 0 Å². The lowest BCUT2D eigenvalue weighted by Gasteiger charge is -2.38. The van der Waals surface area contributed by atoms with Gasteiger partial charge in [0.1, 0.15) is 5.82 Å². The minimum Gasteiger partial charge on any atom is -0.356 e. The third kappa shape index (κ3) is 1.92. The predicted molar refractivity (Wildman–Crippen MR) is 67.8 cm³/mol. The summed E-state index contributed by atoms with van der Waals surface area (Å²) in [7, 11) is 2.02. The molecule has 0 radical (unpaired) electrons. The summed E-state index contributed by atoms with van der Waals surface area (Å²) in [6.45, 7) is 3.64. The quantitative estimate of drug-likeness (QED) is 0.830. The Kier molecular flexibility index (Phi) is 2.86. The molecule has 5 nitrogen and oxygen atoms in total. The molecule has 0 bridgehead atoms. The number of aryl methyl sites for hydroxylation is 1. The third-order valence-corrected chi connectivity index (χ3v) is 4.31. The molecule has 98 valence electrons. The second-order valence-corrected chi connectivity index (χ2v) is 5.55. The molecule has 0 aliphatic carbocycles. The van der Waals surface area contributed by atoms with Gasteiger partial charge in [-0.3, -0.25) is 9.69 Å². The number of carbonyl (C=O) groups excluding carboxylic acids is 1. The van der Waals surface area contributed by atoms with Gasteiger partial charge in [0.05, 0.1) is 12.0 Å². The number of aromatic nitrogens is 2. The van der Waals surface area contributed by atoms with Crippen LogP contribution in [0.1, 0.15) is 25.1 Å². The van der Waals surface area contributed by atoms with Gasteiger partial charge < -0.3 is 9.88 Å². The smallest absolute Gasteiger partial charge is 0.227 e. The summed E-state index contributed by atoms with van der Waals surface area (Å²) in [5, 5.41) is 2.98. The molecule has 1 aromatic heterocycles. The fourth-order valence-corrected chi connectivity index (χ4v) is 3.22. The van der Waals surface area contributed by atoms with E-state index in [9.17, 15) is 4.79 Å². The largest absolute Gasteiger partial charge is 0.356 e. The third-order valence-electron chi connectivity index (χ3n) is 4.31. The van der Waals surface area contributed by atoms with Crippen LogP contribution in [-0.4, -0.2) is 40.0 Å². The Morgan fingerprint density at radius 2 is 2.39 bits per heavy atom. The highest BCUT2D eigenvalue weighted by atomic mass is 16.2. The summed E-state index contributed by atoms with van der Waals surface area (Å²) < 4.78 is 2.05. The van der Waals surface area contributed by atoms with Crippen LogP contribution in [-0.2, 0) is 18.4 Å². The molecule has 2 aliphatic heterocycles. The number of likely N-dealkylation sites (tertiary alicyclic amines) is 1.